The van der Waals surface area contributed by atoms with Crippen LogP contribution in [0.5, 0.6) is 0 Å². The number of aliphatic hydroxyl groups is 1. The molecule has 5 N–H and O–H groups in total. The zero-order chi connectivity index (χ0) is 28.1. The van der Waals surface area contributed by atoms with E-state index in [-0.39, 0.29) is 31.8 Å². The molecule has 38 heavy (non-hydrogen) atoms. The number of hydrogen-bond donors (Lipinski definition) is 4. The van der Waals surface area contributed by atoms with E-state index in [1.807, 2.05) is 12.1 Å². The van der Waals surface area contributed by atoms with Crippen LogP contribution in [0.2, 0.25) is 0 Å². The van der Waals surface area contributed by atoms with E-state index in [9.17, 15) is 18.7 Å². The summed E-state index contributed by atoms with van der Waals surface area (Å²) in [6, 6.07) is 10.8. The second-order valence-corrected chi connectivity index (χ2v) is 9.99. The maximum Gasteiger partial charge on any atom is 0.219 e. The Labute approximate surface area is 226 Å². The van der Waals surface area contributed by atoms with Crippen molar-refractivity contribution in [3.05, 3.63) is 70.8 Å². The maximum atomic E-state index is 14.0. The number of benzene rings is 2. The van der Waals surface area contributed by atoms with Gasteiger partial charge in [-0.15, -0.1) is 0 Å². The van der Waals surface area contributed by atoms with E-state index < -0.39 is 29.7 Å². The van der Waals surface area contributed by atoms with E-state index >= 15 is 0 Å². The number of hydrogen-bond acceptors (Lipinski definition) is 4. The highest BCUT2D eigenvalue weighted by atomic mass is 19.1. The Bertz CT molecular complexity index is 1010. The third kappa shape index (κ3) is 10.1. The molecule has 0 aliphatic heterocycles. The molecule has 0 spiro atoms. The Morgan fingerprint density at radius 3 is 2.24 bits per heavy atom. The Balaban J connectivity index is 2.34. The quantitative estimate of drug-likeness (QED) is 0.171. The van der Waals surface area contributed by atoms with E-state index in [2.05, 4.69) is 38.2 Å². The van der Waals surface area contributed by atoms with Gasteiger partial charge < -0.3 is 21.1 Å². The molecule has 0 saturated heterocycles. The van der Waals surface area contributed by atoms with Crippen LogP contribution in [0.3, 0.4) is 0 Å². The maximum absolute atomic E-state index is 14.0. The number of rotatable bonds is 17. The molecular formula is C30H44F2N4O2. The lowest BCUT2D eigenvalue weighted by atomic mass is 9.92. The summed E-state index contributed by atoms with van der Waals surface area (Å²) in [4.78, 5) is 13.4. The van der Waals surface area contributed by atoms with Crippen LogP contribution in [0.25, 0.3) is 0 Å². The Morgan fingerprint density at radius 1 is 1.03 bits per heavy atom. The average Bonchev–Trinajstić information content (AvgIpc) is 2.87. The first-order valence-corrected chi connectivity index (χ1v) is 13.7. The summed E-state index contributed by atoms with van der Waals surface area (Å²) in [5.74, 6) is -1.64. The van der Waals surface area contributed by atoms with Crippen LogP contribution in [-0.2, 0) is 24.2 Å². The van der Waals surface area contributed by atoms with E-state index in [0.717, 1.165) is 43.7 Å². The fraction of sp³-hybridized carbons (Fsp3) is 0.533. The third-order valence-corrected chi connectivity index (χ3v) is 6.86. The lowest BCUT2D eigenvalue weighted by molar-refractivity contribution is -0.118. The van der Waals surface area contributed by atoms with Crippen molar-refractivity contribution in [2.75, 3.05) is 13.1 Å². The molecule has 0 aliphatic carbocycles. The van der Waals surface area contributed by atoms with Gasteiger partial charge in [-0.25, -0.2) is 8.78 Å². The molecule has 1 amide bonds. The second-order valence-electron chi connectivity index (χ2n) is 9.99. The average molecular weight is 531 g/mol. The Kier molecular flexibility index (Phi) is 13.4. The molecule has 0 heterocycles. The number of carbonyl (C=O) groups is 1. The third-order valence-electron chi connectivity index (χ3n) is 6.86. The van der Waals surface area contributed by atoms with Gasteiger partial charge in [-0.3, -0.25) is 10.2 Å². The van der Waals surface area contributed by atoms with Crippen molar-refractivity contribution in [1.82, 2.24) is 10.2 Å². The smallest absolute Gasteiger partial charge is 0.219 e. The minimum absolute atomic E-state index is 0.00528. The largest absolute Gasteiger partial charge is 0.390 e. The van der Waals surface area contributed by atoms with Gasteiger partial charge in [0, 0.05) is 38.0 Å². The number of nitrogens with zero attached hydrogens (tertiary/aromatic N) is 1. The van der Waals surface area contributed by atoms with Crippen LogP contribution in [0.4, 0.5) is 8.78 Å². The summed E-state index contributed by atoms with van der Waals surface area (Å²) in [6.07, 6.45) is 3.42. The molecule has 0 radical (unpaired) electrons. The SMILES string of the molecule is CCCC(CCC)C(=N)N(CCC(N)=O)[C@@H](Cc1cc(F)cc(F)c1)[C@H](O)CNCc1cccc(CC)c1. The van der Waals surface area contributed by atoms with Crippen molar-refractivity contribution in [2.45, 2.75) is 84.4 Å². The monoisotopic (exact) mass is 530 g/mol. The van der Waals surface area contributed by atoms with Gasteiger partial charge in [0.25, 0.3) is 0 Å². The van der Waals surface area contributed by atoms with Gasteiger partial charge in [0.15, 0.2) is 0 Å². The van der Waals surface area contributed by atoms with Gasteiger partial charge in [0.2, 0.25) is 5.91 Å². The minimum Gasteiger partial charge on any atom is -0.390 e. The number of nitrogens with one attached hydrogen (secondary N) is 2. The van der Waals surface area contributed by atoms with E-state index in [1.165, 1.54) is 17.7 Å². The lowest BCUT2D eigenvalue weighted by Crippen LogP contribution is -2.53. The topological polar surface area (TPSA) is 102 Å². The van der Waals surface area contributed by atoms with Gasteiger partial charge in [0.05, 0.1) is 18.0 Å². The number of carbonyl (C=O) groups excluding carboxylic acids is 1. The Morgan fingerprint density at radius 2 is 1.66 bits per heavy atom. The highest BCUT2D eigenvalue weighted by Gasteiger charge is 2.31. The summed E-state index contributed by atoms with van der Waals surface area (Å²) in [5, 5.41) is 23.8. The summed E-state index contributed by atoms with van der Waals surface area (Å²) < 4.78 is 28.1. The summed E-state index contributed by atoms with van der Waals surface area (Å²) in [7, 11) is 0. The van der Waals surface area contributed by atoms with Crippen LogP contribution in [-0.4, -0.2) is 47.0 Å². The number of primary amides is 1. The van der Waals surface area contributed by atoms with Crippen LogP contribution in [0.1, 0.15) is 69.6 Å². The van der Waals surface area contributed by atoms with Crippen molar-refractivity contribution in [3.8, 4) is 0 Å². The summed E-state index contributed by atoms with van der Waals surface area (Å²) >= 11 is 0. The molecule has 8 heteroatoms. The number of amidine groups is 1. The molecule has 0 bridgehead atoms. The second kappa shape index (κ2) is 16.2. The van der Waals surface area contributed by atoms with Crippen molar-refractivity contribution >= 4 is 11.7 Å². The summed E-state index contributed by atoms with van der Waals surface area (Å²) in [5.41, 5.74) is 8.15. The van der Waals surface area contributed by atoms with Crippen molar-refractivity contribution in [3.63, 3.8) is 0 Å². The molecular weight excluding hydrogens is 486 g/mol. The fourth-order valence-electron chi connectivity index (χ4n) is 4.93. The van der Waals surface area contributed by atoms with Gasteiger partial charge in [-0.05, 0) is 54.5 Å². The number of halogens is 2. The van der Waals surface area contributed by atoms with Crippen molar-refractivity contribution < 1.29 is 18.7 Å². The highest BCUT2D eigenvalue weighted by molar-refractivity contribution is 5.83. The highest BCUT2D eigenvalue weighted by Crippen LogP contribution is 2.23. The normalized spacial score (nSPS) is 12.9. The lowest BCUT2D eigenvalue weighted by Gasteiger charge is -2.39. The predicted octanol–water partition coefficient (Wildman–Crippen LogP) is 4.96. The van der Waals surface area contributed by atoms with E-state index in [1.54, 1.807) is 4.90 Å². The van der Waals surface area contributed by atoms with E-state index in [0.29, 0.717) is 17.9 Å². The molecule has 0 fully saturated rings. The van der Waals surface area contributed by atoms with Crippen LogP contribution >= 0.6 is 0 Å². The fourth-order valence-corrected chi connectivity index (χ4v) is 4.93. The number of aryl methyl sites for hydroxylation is 1. The first kappa shape index (κ1) is 31.4. The van der Waals surface area contributed by atoms with Crippen LogP contribution < -0.4 is 11.1 Å². The zero-order valence-electron chi connectivity index (χ0n) is 23.0. The van der Waals surface area contributed by atoms with Gasteiger partial charge in [0.1, 0.15) is 11.6 Å². The van der Waals surface area contributed by atoms with Crippen LogP contribution in [0.15, 0.2) is 42.5 Å². The van der Waals surface area contributed by atoms with Gasteiger partial charge in [-0.2, -0.15) is 0 Å². The van der Waals surface area contributed by atoms with Gasteiger partial charge in [-0.1, -0.05) is 57.9 Å². The molecule has 2 atom stereocenters. The Hall–Kier alpha value is -2.84. The number of amides is 1. The van der Waals surface area contributed by atoms with Crippen molar-refractivity contribution in [2.24, 2.45) is 11.7 Å². The number of nitrogens with two attached hydrogens (primary N) is 1. The molecule has 0 saturated carbocycles. The molecule has 0 aromatic heterocycles. The molecule has 0 aliphatic rings. The standard InChI is InChI=1S/C30H44F2N4O2/c1-4-8-24(9-5-2)30(34)36(13-12-29(33)38)27(17-23-15-25(31)18-26(32)16-23)28(37)20-35-19-22-11-7-10-21(6-3)14-22/h7,10-11,14-16,18,24,27-28,34-35,37H,4-6,8-9,12-13,17,19-20H2,1-3H3,(H2,33,38)/t27-,28+/m0/s1. The molecule has 0 unspecified atom stereocenters. The number of aliphatic hydroxyl groups excluding tert-OH is 1. The van der Waals surface area contributed by atoms with E-state index in [4.69, 9.17) is 11.1 Å². The molecule has 2 aromatic rings. The molecule has 2 aromatic carbocycles. The van der Waals surface area contributed by atoms with Crippen molar-refractivity contribution in [1.29, 1.82) is 5.41 Å². The van der Waals surface area contributed by atoms with Gasteiger partial charge >= 0.3 is 0 Å². The first-order valence-electron chi connectivity index (χ1n) is 13.7. The molecule has 2 rings (SSSR count). The minimum atomic E-state index is -0.979. The zero-order valence-corrected chi connectivity index (χ0v) is 23.0. The summed E-state index contributed by atoms with van der Waals surface area (Å²) in [6.45, 7) is 7.10. The predicted molar refractivity (Wildman–Crippen MR) is 149 cm³/mol. The van der Waals surface area contributed by atoms with Crippen LogP contribution in [0, 0.1) is 23.0 Å². The first-order chi connectivity index (χ1) is 18.2. The molecule has 210 valence electrons. The molecule has 6 nitrogen and oxygen atoms in total.